The Balaban J connectivity index is 2.01. The molecule has 0 unspecified atom stereocenters. The fourth-order valence-corrected chi connectivity index (χ4v) is 2.88. The summed E-state index contributed by atoms with van der Waals surface area (Å²) in [5.41, 5.74) is 1.95. The molecule has 4 nitrogen and oxygen atoms in total. The number of halogens is 2. The van der Waals surface area contributed by atoms with Gasteiger partial charge in [-0.1, -0.05) is 35.3 Å². The number of nitrogens with zero attached hydrogens (tertiary/aromatic N) is 1. The number of carbonyl (C=O) groups is 1. The number of nitrogens with one attached hydrogen (secondary N) is 2. The molecule has 2 N–H and O–H groups in total. The Morgan fingerprint density at radius 1 is 1.17 bits per heavy atom. The summed E-state index contributed by atoms with van der Waals surface area (Å²) in [6, 6.07) is 13.5. The SMILES string of the molecule is C[C@H](N[C@H](C)c1ccc(Cl)cc1Cl)C(=O)Nc1cccc(C#N)c1. The quantitative estimate of drug-likeness (QED) is 0.821. The second kappa shape index (κ2) is 8.16. The van der Waals surface area contributed by atoms with E-state index in [1.165, 1.54) is 0 Å². The van der Waals surface area contributed by atoms with E-state index in [1.54, 1.807) is 43.3 Å². The van der Waals surface area contributed by atoms with Gasteiger partial charge in [0.05, 0.1) is 17.7 Å². The van der Waals surface area contributed by atoms with Crippen LogP contribution in [0.3, 0.4) is 0 Å². The van der Waals surface area contributed by atoms with Crippen LogP contribution >= 0.6 is 23.2 Å². The highest BCUT2D eigenvalue weighted by Crippen LogP contribution is 2.26. The van der Waals surface area contributed by atoms with Crippen molar-refractivity contribution in [2.45, 2.75) is 25.9 Å². The van der Waals surface area contributed by atoms with Crippen LogP contribution in [-0.2, 0) is 4.79 Å². The molecule has 0 aliphatic heterocycles. The predicted molar refractivity (Wildman–Crippen MR) is 97.3 cm³/mol. The van der Waals surface area contributed by atoms with Crippen LogP contribution < -0.4 is 10.6 Å². The molecule has 0 radical (unpaired) electrons. The van der Waals surface area contributed by atoms with E-state index in [-0.39, 0.29) is 11.9 Å². The number of benzene rings is 2. The molecule has 6 heteroatoms. The van der Waals surface area contributed by atoms with Crippen LogP contribution in [0.25, 0.3) is 0 Å². The Morgan fingerprint density at radius 2 is 1.92 bits per heavy atom. The Kier molecular flexibility index (Phi) is 6.22. The number of hydrogen-bond acceptors (Lipinski definition) is 3. The molecule has 0 aromatic heterocycles. The minimum absolute atomic E-state index is 0.124. The van der Waals surface area contributed by atoms with Crippen molar-refractivity contribution < 1.29 is 4.79 Å². The van der Waals surface area contributed by atoms with E-state index in [4.69, 9.17) is 28.5 Å². The third-order valence-corrected chi connectivity index (χ3v) is 4.14. The van der Waals surface area contributed by atoms with Crippen LogP contribution in [0.5, 0.6) is 0 Å². The van der Waals surface area contributed by atoms with Crippen LogP contribution in [0.15, 0.2) is 42.5 Å². The molecule has 0 fully saturated rings. The Morgan fingerprint density at radius 3 is 2.58 bits per heavy atom. The van der Waals surface area contributed by atoms with E-state index in [9.17, 15) is 4.79 Å². The average Bonchev–Trinajstić information content (AvgIpc) is 2.54. The summed E-state index contributed by atoms with van der Waals surface area (Å²) in [6.45, 7) is 3.69. The number of anilines is 1. The van der Waals surface area contributed by atoms with E-state index in [2.05, 4.69) is 10.6 Å². The van der Waals surface area contributed by atoms with E-state index in [1.807, 2.05) is 19.1 Å². The lowest BCUT2D eigenvalue weighted by atomic mass is 10.1. The third-order valence-electron chi connectivity index (χ3n) is 3.58. The van der Waals surface area contributed by atoms with Gasteiger partial charge in [-0.2, -0.15) is 5.26 Å². The summed E-state index contributed by atoms with van der Waals surface area (Å²) >= 11 is 12.1. The van der Waals surface area contributed by atoms with Crippen LogP contribution in [-0.4, -0.2) is 11.9 Å². The van der Waals surface area contributed by atoms with Gasteiger partial charge in [-0.25, -0.2) is 0 Å². The van der Waals surface area contributed by atoms with Crippen molar-refractivity contribution in [3.05, 3.63) is 63.6 Å². The zero-order valence-corrected chi connectivity index (χ0v) is 14.8. The van der Waals surface area contributed by atoms with Gasteiger partial charge >= 0.3 is 0 Å². The number of carbonyl (C=O) groups excluding carboxylic acids is 1. The summed E-state index contributed by atoms with van der Waals surface area (Å²) in [4.78, 5) is 12.3. The van der Waals surface area contributed by atoms with Gasteiger partial charge in [0.25, 0.3) is 0 Å². The van der Waals surface area contributed by atoms with Crippen molar-refractivity contribution in [1.29, 1.82) is 5.26 Å². The van der Waals surface area contributed by atoms with Gasteiger partial charge in [0.15, 0.2) is 0 Å². The van der Waals surface area contributed by atoms with E-state index in [0.717, 1.165) is 5.56 Å². The zero-order chi connectivity index (χ0) is 17.7. The predicted octanol–water partition coefficient (Wildman–Crippen LogP) is 4.54. The highest BCUT2D eigenvalue weighted by molar-refractivity contribution is 6.35. The Bertz CT molecular complexity index is 786. The molecule has 1 amide bonds. The highest BCUT2D eigenvalue weighted by Gasteiger charge is 2.18. The fourth-order valence-electron chi connectivity index (χ4n) is 2.31. The summed E-state index contributed by atoms with van der Waals surface area (Å²) < 4.78 is 0. The average molecular weight is 362 g/mol. The summed E-state index contributed by atoms with van der Waals surface area (Å²) in [5.74, 6) is -0.193. The minimum atomic E-state index is -0.447. The van der Waals surface area contributed by atoms with Crippen molar-refractivity contribution in [1.82, 2.24) is 5.32 Å². The molecular formula is C18H17Cl2N3O. The summed E-state index contributed by atoms with van der Waals surface area (Å²) in [5, 5.41) is 16.0. The molecule has 2 aromatic rings. The molecule has 0 saturated carbocycles. The molecular weight excluding hydrogens is 345 g/mol. The van der Waals surface area contributed by atoms with Crippen molar-refractivity contribution in [3.63, 3.8) is 0 Å². The molecule has 2 rings (SSSR count). The number of amides is 1. The van der Waals surface area contributed by atoms with Crippen LogP contribution in [0, 0.1) is 11.3 Å². The normalized spacial score (nSPS) is 13.0. The van der Waals surface area contributed by atoms with Gasteiger partial charge in [-0.15, -0.1) is 0 Å². The zero-order valence-electron chi connectivity index (χ0n) is 13.3. The maximum atomic E-state index is 12.3. The maximum absolute atomic E-state index is 12.3. The maximum Gasteiger partial charge on any atom is 0.241 e. The second-order valence-electron chi connectivity index (χ2n) is 5.46. The molecule has 0 aliphatic carbocycles. The van der Waals surface area contributed by atoms with E-state index >= 15 is 0 Å². The lowest BCUT2D eigenvalue weighted by Gasteiger charge is -2.21. The van der Waals surface area contributed by atoms with Gasteiger partial charge < -0.3 is 5.32 Å². The van der Waals surface area contributed by atoms with Gasteiger partial charge in [0, 0.05) is 21.8 Å². The largest absolute Gasteiger partial charge is 0.325 e. The lowest BCUT2D eigenvalue weighted by Crippen LogP contribution is -2.39. The minimum Gasteiger partial charge on any atom is -0.325 e. The van der Waals surface area contributed by atoms with Gasteiger partial charge in [0.1, 0.15) is 0 Å². The molecule has 2 atom stereocenters. The molecule has 0 saturated heterocycles. The first-order valence-electron chi connectivity index (χ1n) is 7.42. The number of rotatable bonds is 5. The second-order valence-corrected chi connectivity index (χ2v) is 6.30. The van der Waals surface area contributed by atoms with Crippen molar-refractivity contribution >= 4 is 34.8 Å². The molecule has 0 spiro atoms. The smallest absolute Gasteiger partial charge is 0.241 e. The van der Waals surface area contributed by atoms with Gasteiger partial charge in [0.2, 0.25) is 5.91 Å². The monoisotopic (exact) mass is 361 g/mol. The third kappa shape index (κ3) is 4.72. The van der Waals surface area contributed by atoms with Gasteiger partial charge in [-0.05, 0) is 49.7 Å². The Labute approximate surface area is 151 Å². The number of hydrogen-bond donors (Lipinski definition) is 2. The first-order valence-corrected chi connectivity index (χ1v) is 8.18. The Hall–Kier alpha value is -2.06. The molecule has 0 bridgehead atoms. The molecule has 0 aliphatic rings. The molecule has 0 heterocycles. The lowest BCUT2D eigenvalue weighted by molar-refractivity contribution is -0.117. The molecule has 2 aromatic carbocycles. The first-order chi connectivity index (χ1) is 11.4. The fraction of sp³-hybridized carbons (Fsp3) is 0.222. The van der Waals surface area contributed by atoms with Crippen LogP contribution in [0.2, 0.25) is 10.0 Å². The van der Waals surface area contributed by atoms with Crippen molar-refractivity contribution in [2.24, 2.45) is 0 Å². The van der Waals surface area contributed by atoms with Crippen molar-refractivity contribution in [3.8, 4) is 6.07 Å². The number of nitriles is 1. The summed E-state index contributed by atoms with van der Waals surface area (Å²) in [7, 11) is 0. The van der Waals surface area contributed by atoms with Crippen LogP contribution in [0.4, 0.5) is 5.69 Å². The highest BCUT2D eigenvalue weighted by atomic mass is 35.5. The standard InChI is InChI=1S/C18H17Cl2N3O/c1-11(16-7-6-14(19)9-17(16)20)22-12(2)18(24)23-15-5-3-4-13(8-15)10-21/h3-9,11-12,22H,1-2H3,(H,23,24)/t11-,12+/m1/s1. The molecule has 24 heavy (non-hydrogen) atoms. The van der Waals surface area contributed by atoms with E-state index in [0.29, 0.717) is 21.3 Å². The first kappa shape index (κ1) is 18.3. The van der Waals surface area contributed by atoms with Gasteiger partial charge in [-0.3, -0.25) is 10.1 Å². The van der Waals surface area contributed by atoms with Crippen molar-refractivity contribution in [2.75, 3.05) is 5.32 Å². The summed E-state index contributed by atoms with van der Waals surface area (Å²) in [6.07, 6.45) is 0. The van der Waals surface area contributed by atoms with E-state index < -0.39 is 6.04 Å². The molecule has 124 valence electrons. The topological polar surface area (TPSA) is 64.9 Å². The van der Waals surface area contributed by atoms with Crippen LogP contribution in [0.1, 0.15) is 31.0 Å².